The van der Waals surface area contributed by atoms with Crippen LogP contribution in [0, 0.1) is 5.41 Å². The molecule has 1 unspecified atom stereocenters. The number of aliphatic hydroxyl groups excluding tert-OH is 1. The zero-order valence-corrected chi connectivity index (χ0v) is 5.52. The summed E-state index contributed by atoms with van der Waals surface area (Å²) in [5.74, 6) is 0. The number of aliphatic hydroxyl groups is 1. The van der Waals surface area contributed by atoms with Crippen LogP contribution >= 0.6 is 0 Å². The molecular formula is C7H18O. The molecule has 8 heavy (non-hydrogen) atoms. The zero-order chi connectivity index (χ0) is 6.08. The van der Waals surface area contributed by atoms with Gasteiger partial charge in [-0.15, -0.1) is 0 Å². The maximum atomic E-state index is 8.89. The maximum absolute atomic E-state index is 8.89. The molecule has 0 saturated heterocycles. The van der Waals surface area contributed by atoms with Crippen molar-refractivity contribution >= 4 is 0 Å². The molecule has 0 heterocycles. The second-order valence-corrected chi connectivity index (χ2v) is 3.04. The molecule has 0 bridgehead atoms. The van der Waals surface area contributed by atoms with Gasteiger partial charge in [-0.25, -0.2) is 0 Å². The van der Waals surface area contributed by atoms with Crippen molar-refractivity contribution in [2.45, 2.75) is 41.2 Å². The van der Waals surface area contributed by atoms with Crippen molar-refractivity contribution in [3.63, 3.8) is 0 Å². The Morgan fingerprint density at radius 3 is 1.38 bits per heavy atom. The fourth-order valence-corrected chi connectivity index (χ4v) is 0. The van der Waals surface area contributed by atoms with Crippen LogP contribution in [0.25, 0.3) is 0 Å². The third-order valence-electron chi connectivity index (χ3n) is 1.25. The van der Waals surface area contributed by atoms with Gasteiger partial charge in [-0.2, -0.15) is 0 Å². The monoisotopic (exact) mass is 118 g/mol. The van der Waals surface area contributed by atoms with Crippen molar-refractivity contribution in [1.82, 2.24) is 0 Å². The van der Waals surface area contributed by atoms with Gasteiger partial charge in [-0.3, -0.25) is 0 Å². The second kappa shape index (κ2) is 3.08. The summed E-state index contributed by atoms with van der Waals surface area (Å²) in [4.78, 5) is 0. The predicted molar refractivity (Wildman–Crippen MR) is 37.9 cm³/mol. The molecule has 0 saturated carbocycles. The third kappa shape index (κ3) is 4.13. The van der Waals surface area contributed by atoms with Crippen molar-refractivity contribution in [2.24, 2.45) is 5.41 Å². The van der Waals surface area contributed by atoms with Crippen LogP contribution in [0.2, 0.25) is 0 Å². The Bertz CT molecular complexity index is 49.9. The fourth-order valence-electron chi connectivity index (χ4n) is 0. The molecule has 0 aromatic heterocycles. The Hall–Kier alpha value is -0.0400. The molecule has 0 rings (SSSR count). The van der Waals surface area contributed by atoms with Gasteiger partial charge in [0, 0.05) is 0 Å². The van der Waals surface area contributed by atoms with E-state index in [1.807, 2.05) is 20.8 Å². The van der Waals surface area contributed by atoms with Gasteiger partial charge in [0.25, 0.3) is 0 Å². The average molecular weight is 118 g/mol. The lowest BCUT2D eigenvalue weighted by molar-refractivity contribution is 0.0801. The number of rotatable bonds is 0. The molecule has 52 valence electrons. The van der Waals surface area contributed by atoms with Crippen LogP contribution in [0.3, 0.4) is 0 Å². The first-order chi connectivity index (χ1) is 2.94. The molecule has 0 amide bonds. The van der Waals surface area contributed by atoms with Gasteiger partial charge >= 0.3 is 0 Å². The minimum absolute atomic E-state index is 0. The Morgan fingerprint density at radius 1 is 1.25 bits per heavy atom. The first-order valence-corrected chi connectivity index (χ1v) is 2.62. The summed E-state index contributed by atoms with van der Waals surface area (Å²) in [6.45, 7) is 7.84. The minimum atomic E-state index is -0.201. The lowest BCUT2D eigenvalue weighted by Gasteiger charge is -2.21. The van der Waals surface area contributed by atoms with E-state index in [0.29, 0.717) is 0 Å². The lowest BCUT2D eigenvalue weighted by Crippen LogP contribution is -2.21. The summed E-state index contributed by atoms with van der Waals surface area (Å²) in [6, 6.07) is 0. The average Bonchev–Trinajstić information content (AvgIpc) is 1.31. The number of hydrogen-bond donors (Lipinski definition) is 1. The van der Waals surface area contributed by atoms with Crippen molar-refractivity contribution in [3.8, 4) is 0 Å². The van der Waals surface area contributed by atoms with Gasteiger partial charge in [0.2, 0.25) is 0 Å². The summed E-state index contributed by atoms with van der Waals surface area (Å²) in [5.41, 5.74) is 0.0556. The van der Waals surface area contributed by atoms with Crippen LogP contribution in [0.1, 0.15) is 35.1 Å². The first-order valence-electron chi connectivity index (χ1n) is 2.62. The Labute approximate surface area is 52.7 Å². The van der Waals surface area contributed by atoms with E-state index in [9.17, 15) is 0 Å². The van der Waals surface area contributed by atoms with Crippen molar-refractivity contribution in [3.05, 3.63) is 0 Å². The molecule has 1 atom stereocenters. The van der Waals surface area contributed by atoms with E-state index < -0.39 is 0 Å². The van der Waals surface area contributed by atoms with E-state index in [2.05, 4.69) is 0 Å². The van der Waals surface area contributed by atoms with Gasteiger partial charge in [0.15, 0.2) is 0 Å². The lowest BCUT2D eigenvalue weighted by atomic mass is 9.91. The van der Waals surface area contributed by atoms with Crippen LogP contribution in [0.15, 0.2) is 0 Å². The summed E-state index contributed by atoms with van der Waals surface area (Å²) in [5, 5.41) is 8.89. The van der Waals surface area contributed by atoms with Crippen molar-refractivity contribution in [1.29, 1.82) is 0 Å². The van der Waals surface area contributed by atoms with Gasteiger partial charge in [-0.1, -0.05) is 28.2 Å². The summed E-state index contributed by atoms with van der Waals surface area (Å²) in [6.07, 6.45) is -0.201. The Balaban J connectivity index is 0. The van der Waals surface area contributed by atoms with Crippen LogP contribution in [-0.4, -0.2) is 11.2 Å². The summed E-state index contributed by atoms with van der Waals surface area (Å²) in [7, 11) is 0. The zero-order valence-electron chi connectivity index (χ0n) is 5.52. The van der Waals surface area contributed by atoms with Crippen LogP contribution in [0.4, 0.5) is 0 Å². The highest BCUT2D eigenvalue weighted by Gasteiger charge is 2.15. The molecule has 0 aromatic rings. The first kappa shape index (κ1) is 10.9. The molecule has 1 nitrogen and oxygen atoms in total. The van der Waals surface area contributed by atoms with Crippen molar-refractivity contribution < 1.29 is 5.11 Å². The SMILES string of the molecule is C.CC(O)C(C)(C)C. The highest BCUT2D eigenvalue weighted by atomic mass is 16.3. The van der Waals surface area contributed by atoms with Gasteiger partial charge in [-0.05, 0) is 12.3 Å². The van der Waals surface area contributed by atoms with Crippen LogP contribution in [0.5, 0.6) is 0 Å². The standard InChI is InChI=1S/C6H14O.CH4/c1-5(7)6(2,3)4;/h5,7H,1-4H3;1H4. The van der Waals surface area contributed by atoms with Crippen molar-refractivity contribution in [2.75, 3.05) is 0 Å². The topological polar surface area (TPSA) is 20.2 Å². The summed E-state index contributed by atoms with van der Waals surface area (Å²) < 4.78 is 0. The smallest absolute Gasteiger partial charge is 0.0560 e. The highest BCUT2D eigenvalue weighted by Crippen LogP contribution is 2.17. The molecule has 0 radical (unpaired) electrons. The molecule has 0 aromatic carbocycles. The fraction of sp³-hybridized carbons (Fsp3) is 1.00. The molecule has 1 N–H and O–H groups in total. The van der Waals surface area contributed by atoms with Crippen LogP contribution < -0.4 is 0 Å². The quantitative estimate of drug-likeness (QED) is 0.516. The maximum Gasteiger partial charge on any atom is 0.0560 e. The van der Waals surface area contributed by atoms with Gasteiger partial charge in [0.1, 0.15) is 0 Å². The minimum Gasteiger partial charge on any atom is -0.393 e. The van der Waals surface area contributed by atoms with E-state index in [4.69, 9.17) is 5.11 Å². The molecule has 0 spiro atoms. The van der Waals surface area contributed by atoms with E-state index in [-0.39, 0.29) is 18.9 Å². The van der Waals surface area contributed by atoms with Crippen LogP contribution in [-0.2, 0) is 0 Å². The number of hydrogen-bond acceptors (Lipinski definition) is 1. The second-order valence-electron chi connectivity index (χ2n) is 3.04. The predicted octanol–water partition coefficient (Wildman–Crippen LogP) is 2.05. The molecule has 0 aliphatic rings. The highest BCUT2D eigenvalue weighted by molar-refractivity contribution is 4.66. The van der Waals surface area contributed by atoms with E-state index in [1.54, 1.807) is 6.92 Å². The largest absolute Gasteiger partial charge is 0.393 e. The van der Waals surface area contributed by atoms with Gasteiger partial charge < -0.3 is 5.11 Å². The molecule has 0 fully saturated rings. The molecule has 0 aliphatic heterocycles. The summed E-state index contributed by atoms with van der Waals surface area (Å²) >= 11 is 0. The third-order valence-corrected chi connectivity index (χ3v) is 1.25. The van der Waals surface area contributed by atoms with E-state index >= 15 is 0 Å². The van der Waals surface area contributed by atoms with Gasteiger partial charge in [0.05, 0.1) is 6.10 Å². The normalized spacial score (nSPS) is 14.6. The van der Waals surface area contributed by atoms with E-state index in [0.717, 1.165) is 0 Å². The Morgan fingerprint density at radius 2 is 1.38 bits per heavy atom. The van der Waals surface area contributed by atoms with E-state index in [1.165, 1.54) is 0 Å². The Kier molecular flexibility index (Phi) is 4.18. The molecular weight excluding hydrogens is 100 g/mol. The molecule has 1 heteroatoms. The molecule has 0 aliphatic carbocycles.